The molecular weight excluding hydrogens is 472 g/mol. The van der Waals surface area contributed by atoms with Crippen LogP contribution in [0.4, 0.5) is 4.79 Å². The fourth-order valence-corrected chi connectivity index (χ4v) is 4.30. The molecule has 3 amide bonds. The first kappa shape index (κ1) is 24.2. The molecule has 1 saturated heterocycles. The lowest BCUT2D eigenvalue weighted by atomic mass is 10.2. The number of hydrogen-bond acceptors (Lipinski definition) is 8. The van der Waals surface area contributed by atoms with Gasteiger partial charge in [0.15, 0.2) is 23.0 Å². The summed E-state index contributed by atoms with van der Waals surface area (Å²) < 4.78 is 21.4. The molecule has 9 nitrogen and oxygen atoms in total. The third-order valence-corrected chi connectivity index (χ3v) is 6.02. The molecule has 0 bridgehead atoms. The zero-order valence-corrected chi connectivity index (χ0v) is 20.1. The lowest BCUT2D eigenvalue weighted by molar-refractivity contribution is -0.123. The molecule has 1 fully saturated rings. The molecule has 2 heterocycles. The Morgan fingerprint density at radius 3 is 2.71 bits per heavy atom. The number of benzene rings is 2. The van der Waals surface area contributed by atoms with Crippen LogP contribution in [0.25, 0.3) is 12.2 Å². The summed E-state index contributed by atoms with van der Waals surface area (Å²) in [6, 6.07) is 10.6. The minimum Gasteiger partial charge on any atom is -0.493 e. The molecule has 0 saturated carbocycles. The molecule has 35 heavy (non-hydrogen) atoms. The zero-order chi connectivity index (χ0) is 24.8. The van der Waals surface area contributed by atoms with Crippen molar-refractivity contribution in [2.75, 3.05) is 33.6 Å². The molecule has 182 valence electrons. The Morgan fingerprint density at radius 1 is 1.11 bits per heavy atom. The molecule has 10 heteroatoms. The predicted octanol–water partition coefficient (Wildman–Crippen LogP) is 3.69. The molecule has 2 aromatic rings. The summed E-state index contributed by atoms with van der Waals surface area (Å²) in [6.45, 7) is 2.72. The molecular formula is C25H24N2O7S. The van der Waals surface area contributed by atoms with Gasteiger partial charge in [-0.3, -0.25) is 19.3 Å². The van der Waals surface area contributed by atoms with Crippen LogP contribution < -0.4 is 24.3 Å². The van der Waals surface area contributed by atoms with E-state index >= 15 is 0 Å². The molecule has 0 aliphatic carbocycles. The van der Waals surface area contributed by atoms with Gasteiger partial charge in [0.25, 0.3) is 11.1 Å². The number of ether oxygens (including phenoxy) is 4. The van der Waals surface area contributed by atoms with Gasteiger partial charge >= 0.3 is 0 Å². The Labute approximate surface area is 206 Å². The summed E-state index contributed by atoms with van der Waals surface area (Å²) >= 11 is 0.862. The van der Waals surface area contributed by atoms with Gasteiger partial charge in [-0.1, -0.05) is 12.1 Å². The molecule has 0 spiro atoms. The van der Waals surface area contributed by atoms with Crippen LogP contribution in [-0.2, 0) is 9.59 Å². The van der Waals surface area contributed by atoms with E-state index in [4.69, 9.17) is 18.9 Å². The number of nitrogens with one attached hydrogen (secondary N) is 1. The van der Waals surface area contributed by atoms with E-state index in [9.17, 15) is 14.4 Å². The van der Waals surface area contributed by atoms with Gasteiger partial charge in [0, 0.05) is 19.2 Å². The molecule has 2 aliphatic heterocycles. The number of hydrogen-bond donors (Lipinski definition) is 1. The topological polar surface area (TPSA) is 103 Å². The molecule has 4 rings (SSSR count). The van der Waals surface area contributed by atoms with Crippen LogP contribution in [0, 0.1) is 0 Å². The Bertz CT molecular complexity index is 1210. The number of methoxy groups -OCH3 is 1. The average molecular weight is 497 g/mol. The smallest absolute Gasteiger partial charge is 0.293 e. The van der Waals surface area contributed by atoms with Gasteiger partial charge in [0.2, 0.25) is 12.7 Å². The molecule has 2 aliphatic rings. The second kappa shape index (κ2) is 11.0. The second-order valence-corrected chi connectivity index (χ2v) is 8.41. The van der Waals surface area contributed by atoms with Gasteiger partial charge in [0.1, 0.15) is 0 Å². The Kier molecular flexibility index (Phi) is 7.61. The quantitative estimate of drug-likeness (QED) is 0.525. The van der Waals surface area contributed by atoms with Crippen LogP contribution in [-0.4, -0.2) is 55.6 Å². The van der Waals surface area contributed by atoms with E-state index in [2.05, 4.69) is 5.32 Å². The van der Waals surface area contributed by atoms with Crippen LogP contribution in [0.3, 0.4) is 0 Å². The number of carbonyl (C=O) groups excluding carboxylic acids is 3. The number of imide groups is 1. The van der Waals surface area contributed by atoms with Crippen molar-refractivity contribution in [3.63, 3.8) is 0 Å². The van der Waals surface area contributed by atoms with Crippen LogP contribution in [0.15, 0.2) is 47.4 Å². The van der Waals surface area contributed by atoms with E-state index in [0.29, 0.717) is 34.5 Å². The van der Waals surface area contributed by atoms with E-state index < -0.39 is 5.91 Å². The fraction of sp³-hybridized carbons (Fsp3) is 0.240. The number of thioether (sulfide) groups is 1. The number of fused-ring (bicyclic) bond motifs is 1. The lowest BCUT2D eigenvalue weighted by Gasteiger charge is -2.12. The first-order valence-corrected chi connectivity index (χ1v) is 11.7. The SMILES string of the molecule is CCOc1cc(/C=C/C(=O)NCCN2C(=O)S/C(=C\c3ccc4c(c3)OCO4)C2=O)ccc1OC. The second-order valence-electron chi connectivity index (χ2n) is 7.41. The van der Waals surface area contributed by atoms with E-state index in [0.717, 1.165) is 27.8 Å². The monoisotopic (exact) mass is 496 g/mol. The van der Waals surface area contributed by atoms with Crippen molar-refractivity contribution >= 4 is 41.0 Å². The third-order valence-electron chi connectivity index (χ3n) is 5.12. The van der Waals surface area contributed by atoms with E-state index in [1.54, 1.807) is 55.7 Å². The highest BCUT2D eigenvalue weighted by atomic mass is 32.2. The van der Waals surface area contributed by atoms with Crippen molar-refractivity contribution in [2.45, 2.75) is 6.92 Å². The fourth-order valence-electron chi connectivity index (χ4n) is 3.43. The third kappa shape index (κ3) is 5.78. The highest BCUT2D eigenvalue weighted by molar-refractivity contribution is 8.18. The summed E-state index contributed by atoms with van der Waals surface area (Å²) in [6.07, 6.45) is 4.66. The predicted molar refractivity (Wildman–Crippen MR) is 131 cm³/mol. The first-order chi connectivity index (χ1) is 17.0. The van der Waals surface area contributed by atoms with Crippen LogP contribution in [0.1, 0.15) is 18.1 Å². The molecule has 0 unspecified atom stereocenters. The lowest BCUT2D eigenvalue weighted by Crippen LogP contribution is -2.36. The summed E-state index contributed by atoms with van der Waals surface area (Å²) in [7, 11) is 1.56. The molecule has 1 N–H and O–H groups in total. The Morgan fingerprint density at radius 2 is 1.91 bits per heavy atom. The summed E-state index contributed by atoms with van der Waals surface area (Å²) in [5.74, 6) is 1.69. The standard InChI is InChI=1S/C25H24N2O7S/c1-3-32-20-12-16(4-7-18(20)31-2)6-9-23(28)26-10-11-27-24(29)22(35-25(27)30)14-17-5-8-19-21(13-17)34-15-33-19/h4-9,12-14H,3,10-11,15H2,1-2H3,(H,26,28)/b9-6+,22-14-. The van der Waals surface area contributed by atoms with Crippen LogP contribution in [0.5, 0.6) is 23.0 Å². The first-order valence-electron chi connectivity index (χ1n) is 10.9. The largest absolute Gasteiger partial charge is 0.493 e. The minimum atomic E-state index is -0.399. The van der Waals surface area contributed by atoms with Gasteiger partial charge in [-0.2, -0.15) is 0 Å². The van der Waals surface area contributed by atoms with Crippen LogP contribution >= 0.6 is 11.8 Å². The van der Waals surface area contributed by atoms with Gasteiger partial charge in [-0.25, -0.2) is 0 Å². The van der Waals surface area contributed by atoms with Crippen LogP contribution in [0.2, 0.25) is 0 Å². The normalized spacial score (nSPS) is 15.8. The number of amides is 3. The van der Waals surface area contributed by atoms with Crippen molar-refractivity contribution in [1.29, 1.82) is 0 Å². The molecule has 0 aromatic heterocycles. The maximum absolute atomic E-state index is 12.7. The number of nitrogens with zero attached hydrogens (tertiary/aromatic N) is 1. The van der Waals surface area contributed by atoms with Crippen molar-refractivity contribution in [3.8, 4) is 23.0 Å². The highest BCUT2D eigenvalue weighted by Gasteiger charge is 2.34. The maximum Gasteiger partial charge on any atom is 0.293 e. The van der Waals surface area contributed by atoms with Gasteiger partial charge in [-0.15, -0.1) is 0 Å². The Balaban J connectivity index is 1.30. The van der Waals surface area contributed by atoms with Gasteiger partial charge in [-0.05, 0) is 66.2 Å². The van der Waals surface area contributed by atoms with E-state index in [-0.39, 0.29) is 31.0 Å². The van der Waals surface area contributed by atoms with Gasteiger partial charge in [0.05, 0.1) is 18.6 Å². The summed E-state index contributed by atoms with van der Waals surface area (Å²) in [4.78, 5) is 38.7. The molecule has 0 atom stereocenters. The van der Waals surface area contributed by atoms with E-state index in [1.165, 1.54) is 6.08 Å². The molecule has 2 aromatic carbocycles. The highest BCUT2D eigenvalue weighted by Crippen LogP contribution is 2.36. The summed E-state index contributed by atoms with van der Waals surface area (Å²) in [5.41, 5.74) is 1.49. The minimum absolute atomic E-state index is 0.0692. The number of rotatable bonds is 9. The van der Waals surface area contributed by atoms with Gasteiger partial charge < -0.3 is 24.3 Å². The van der Waals surface area contributed by atoms with E-state index in [1.807, 2.05) is 6.92 Å². The number of carbonyl (C=O) groups is 3. The maximum atomic E-state index is 12.7. The average Bonchev–Trinajstić information content (AvgIpc) is 3.42. The van der Waals surface area contributed by atoms with Crippen molar-refractivity contribution < 1.29 is 33.3 Å². The van der Waals surface area contributed by atoms with Crippen molar-refractivity contribution in [1.82, 2.24) is 10.2 Å². The van der Waals surface area contributed by atoms with Crippen molar-refractivity contribution in [2.24, 2.45) is 0 Å². The summed E-state index contributed by atoms with van der Waals surface area (Å²) in [5, 5.41) is 2.31. The zero-order valence-electron chi connectivity index (χ0n) is 19.2. The molecule has 0 radical (unpaired) electrons. The van der Waals surface area contributed by atoms with Crippen molar-refractivity contribution in [3.05, 3.63) is 58.5 Å². The Hall–Kier alpha value is -3.92.